The highest BCUT2D eigenvalue weighted by atomic mass is 16.5. The summed E-state index contributed by atoms with van der Waals surface area (Å²) in [5.41, 5.74) is 4.32. The van der Waals surface area contributed by atoms with Crippen LogP contribution in [0, 0.1) is 0 Å². The van der Waals surface area contributed by atoms with Gasteiger partial charge in [-0.3, -0.25) is 19.4 Å². The molecule has 2 fully saturated rings. The van der Waals surface area contributed by atoms with Crippen molar-refractivity contribution in [1.82, 2.24) is 19.3 Å². The number of carbonyl (C=O) groups excluding carboxylic acids is 3. The van der Waals surface area contributed by atoms with Gasteiger partial charge >= 0.3 is 6.03 Å². The van der Waals surface area contributed by atoms with E-state index in [-0.39, 0.29) is 17.7 Å². The molecule has 10 nitrogen and oxygen atoms in total. The lowest BCUT2D eigenvalue weighted by Gasteiger charge is -2.28. The molecule has 4 heterocycles. The Morgan fingerprint density at radius 2 is 1.85 bits per heavy atom. The zero-order valence-corrected chi connectivity index (χ0v) is 22.0. The van der Waals surface area contributed by atoms with Crippen molar-refractivity contribution >= 4 is 28.6 Å². The number of imide groups is 1. The molecule has 10 heteroatoms. The van der Waals surface area contributed by atoms with Gasteiger partial charge in [0.05, 0.1) is 13.2 Å². The number of aliphatic hydroxyl groups excluding tert-OH is 1. The molecule has 2 aromatic carbocycles. The van der Waals surface area contributed by atoms with Crippen LogP contribution in [-0.4, -0.2) is 102 Å². The number of rotatable bonds is 8. The molecular weight excluding hydrogens is 500 g/mol. The lowest BCUT2D eigenvalue weighted by molar-refractivity contribution is -0.127. The first-order valence-corrected chi connectivity index (χ1v) is 13.4. The first-order chi connectivity index (χ1) is 19.0. The summed E-state index contributed by atoms with van der Waals surface area (Å²) in [4.78, 5) is 43.1. The summed E-state index contributed by atoms with van der Waals surface area (Å²) in [5, 5.41) is 10.1. The smallest absolute Gasteiger partial charge is 0.327 e. The number of hydrogen-bond acceptors (Lipinski definition) is 7. The molecule has 0 spiro atoms. The summed E-state index contributed by atoms with van der Waals surface area (Å²) < 4.78 is 13.8. The number of amides is 3. The Morgan fingerprint density at radius 1 is 1.08 bits per heavy atom. The molecule has 0 radical (unpaired) electrons. The van der Waals surface area contributed by atoms with Crippen LogP contribution in [0.1, 0.15) is 33.2 Å². The molecule has 1 unspecified atom stereocenters. The Hall–Kier alpha value is -3.73. The van der Waals surface area contributed by atoms with Gasteiger partial charge in [-0.05, 0) is 23.8 Å². The average molecular weight is 533 g/mol. The number of aliphatic hydroxyl groups is 1. The molecule has 39 heavy (non-hydrogen) atoms. The second-order valence-corrected chi connectivity index (χ2v) is 10.2. The molecule has 1 atom stereocenters. The zero-order chi connectivity index (χ0) is 27.1. The fraction of sp³-hybridized carbons (Fsp3) is 0.414. The Kier molecular flexibility index (Phi) is 6.84. The molecule has 1 aromatic heterocycles. The number of likely N-dealkylation sites (N-methyl/N-ethyl adjacent to an activating group) is 1. The second-order valence-electron chi connectivity index (χ2n) is 10.2. The molecule has 1 N–H and O–H groups in total. The molecule has 6 rings (SSSR count). The first-order valence-electron chi connectivity index (χ1n) is 13.4. The first kappa shape index (κ1) is 25.5. The third-order valence-corrected chi connectivity index (χ3v) is 8.00. The minimum atomic E-state index is -0.650. The molecule has 204 valence electrons. The van der Waals surface area contributed by atoms with Gasteiger partial charge in [0.15, 0.2) is 5.78 Å². The van der Waals surface area contributed by atoms with Crippen LogP contribution in [0.4, 0.5) is 4.79 Å². The largest absolute Gasteiger partial charge is 0.492 e. The summed E-state index contributed by atoms with van der Waals surface area (Å²) in [6.45, 7) is 5.12. The van der Waals surface area contributed by atoms with Crippen LogP contribution in [0.3, 0.4) is 0 Å². The topological polar surface area (TPSA) is 105 Å². The van der Waals surface area contributed by atoms with E-state index in [1.54, 1.807) is 17.0 Å². The van der Waals surface area contributed by atoms with Crippen LogP contribution in [-0.2, 0) is 22.5 Å². The van der Waals surface area contributed by atoms with Crippen molar-refractivity contribution in [3.05, 3.63) is 64.8 Å². The molecule has 3 amide bonds. The average Bonchev–Trinajstić information content (AvgIpc) is 3.39. The van der Waals surface area contributed by atoms with Crippen LogP contribution in [0.15, 0.2) is 42.5 Å². The predicted molar refractivity (Wildman–Crippen MR) is 143 cm³/mol. The minimum Gasteiger partial charge on any atom is -0.492 e. The minimum absolute atomic E-state index is 0.217. The highest BCUT2D eigenvalue weighted by molar-refractivity contribution is 6.07. The predicted octanol–water partition coefficient (Wildman–Crippen LogP) is 2.07. The molecule has 2 saturated heterocycles. The quantitative estimate of drug-likeness (QED) is 0.350. The SMILES string of the molecule is CN1C(=O)C2c3c(n(Cc4ccc(C(=O)CO)cc4)c4ccc(OCCN5CCOCC5)cc34)CCN2C1=O. The molecular formula is C29H32N4O6. The molecule has 0 saturated carbocycles. The summed E-state index contributed by atoms with van der Waals surface area (Å²) in [7, 11) is 1.54. The fourth-order valence-corrected chi connectivity index (χ4v) is 5.89. The van der Waals surface area contributed by atoms with Gasteiger partial charge in [-0.1, -0.05) is 24.3 Å². The maximum atomic E-state index is 13.2. The standard InChI is InChI=1S/C29H32N4O6/c1-30-28(36)27-26-22-16-21(39-15-12-31-10-13-38-14-11-31)6-7-23(22)33(24(26)8-9-32(27)29(30)37)17-19-2-4-20(5-3-19)25(35)18-34/h2-7,16,27,34H,8-15,17-18H2,1H3. The van der Waals surface area contributed by atoms with Crippen molar-refractivity contribution in [1.29, 1.82) is 0 Å². The highest BCUT2D eigenvalue weighted by Crippen LogP contribution is 2.43. The van der Waals surface area contributed by atoms with Gasteiger partial charge in [0.2, 0.25) is 0 Å². The van der Waals surface area contributed by atoms with Crippen molar-refractivity contribution in [3.8, 4) is 5.75 Å². The number of morpholine rings is 1. The third kappa shape index (κ3) is 4.58. The van der Waals surface area contributed by atoms with Crippen molar-refractivity contribution in [2.24, 2.45) is 0 Å². The number of urea groups is 1. The number of carbonyl (C=O) groups is 3. The molecule has 3 aliphatic rings. The van der Waals surface area contributed by atoms with Gasteiger partial charge in [-0.2, -0.15) is 0 Å². The third-order valence-electron chi connectivity index (χ3n) is 8.00. The zero-order valence-electron chi connectivity index (χ0n) is 22.0. The van der Waals surface area contributed by atoms with Gasteiger partial charge in [0, 0.05) is 73.9 Å². The van der Waals surface area contributed by atoms with Gasteiger partial charge in [0.25, 0.3) is 5.91 Å². The fourth-order valence-electron chi connectivity index (χ4n) is 5.89. The van der Waals surface area contributed by atoms with Crippen molar-refractivity contribution in [2.45, 2.75) is 19.0 Å². The van der Waals surface area contributed by atoms with Crippen molar-refractivity contribution < 1.29 is 29.0 Å². The van der Waals surface area contributed by atoms with E-state index in [0.717, 1.165) is 66.3 Å². The highest BCUT2D eigenvalue weighted by Gasteiger charge is 2.48. The van der Waals surface area contributed by atoms with Crippen molar-refractivity contribution in [3.63, 3.8) is 0 Å². The van der Waals surface area contributed by atoms with Crippen LogP contribution < -0.4 is 4.74 Å². The lowest BCUT2D eigenvalue weighted by atomic mass is 9.96. The maximum Gasteiger partial charge on any atom is 0.327 e. The number of ether oxygens (including phenoxy) is 2. The Balaban J connectivity index is 1.35. The van der Waals surface area contributed by atoms with E-state index in [0.29, 0.717) is 31.7 Å². The Bertz CT molecular complexity index is 1430. The van der Waals surface area contributed by atoms with E-state index in [1.165, 1.54) is 11.9 Å². The van der Waals surface area contributed by atoms with Gasteiger partial charge < -0.3 is 24.0 Å². The molecule has 0 aliphatic carbocycles. The Morgan fingerprint density at radius 3 is 2.59 bits per heavy atom. The van der Waals surface area contributed by atoms with Crippen molar-refractivity contribution in [2.75, 3.05) is 59.7 Å². The number of Topliss-reactive ketones (excluding diaryl/α,β-unsaturated/α-hetero) is 1. The maximum absolute atomic E-state index is 13.2. The second kappa shape index (κ2) is 10.4. The van der Waals surface area contributed by atoms with Crippen LogP contribution in [0.25, 0.3) is 10.9 Å². The molecule has 3 aromatic rings. The number of aromatic nitrogens is 1. The number of benzene rings is 2. The van der Waals surface area contributed by atoms with E-state index >= 15 is 0 Å². The van der Waals surface area contributed by atoms with Gasteiger partial charge in [-0.15, -0.1) is 0 Å². The number of ketones is 1. The monoisotopic (exact) mass is 532 g/mol. The van der Waals surface area contributed by atoms with Gasteiger partial charge in [0.1, 0.15) is 25.0 Å². The number of hydrogen-bond donors (Lipinski definition) is 1. The summed E-state index contributed by atoms with van der Waals surface area (Å²) in [5.74, 6) is 0.190. The van der Waals surface area contributed by atoms with Crippen LogP contribution >= 0.6 is 0 Å². The lowest BCUT2D eigenvalue weighted by Crippen LogP contribution is -2.38. The summed E-state index contributed by atoms with van der Waals surface area (Å²) in [6.07, 6.45) is 0.627. The Labute approximate surface area is 226 Å². The van der Waals surface area contributed by atoms with E-state index in [2.05, 4.69) is 9.47 Å². The number of nitrogens with zero attached hydrogens (tertiary/aromatic N) is 4. The van der Waals surface area contributed by atoms with E-state index in [9.17, 15) is 14.4 Å². The number of fused-ring (bicyclic) bond motifs is 5. The summed E-state index contributed by atoms with van der Waals surface area (Å²) >= 11 is 0. The van der Waals surface area contributed by atoms with E-state index < -0.39 is 12.6 Å². The van der Waals surface area contributed by atoms with Crippen LogP contribution in [0.5, 0.6) is 5.75 Å². The molecule has 0 bridgehead atoms. The van der Waals surface area contributed by atoms with Crippen LogP contribution in [0.2, 0.25) is 0 Å². The van der Waals surface area contributed by atoms with E-state index in [4.69, 9.17) is 14.6 Å². The van der Waals surface area contributed by atoms with E-state index in [1.807, 2.05) is 30.3 Å². The van der Waals surface area contributed by atoms with Gasteiger partial charge in [-0.25, -0.2) is 4.79 Å². The summed E-state index contributed by atoms with van der Waals surface area (Å²) in [6, 6.07) is 12.3. The molecule has 3 aliphatic heterocycles. The normalized spacial score (nSPS) is 19.5.